The van der Waals surface area contributed by atoms with Crippen LogP contribution in [-0.2, 0) is 24.0 Å². The monoisotopic (exact) mass is 634 g/mol. The zero-order valence-electron chi connectivity index (χ0n) is 23.5. The lowest BCUT2D eigenvalue weighted by Crippen LogP contribution is -2.42. The first-order valence-electron chi connectivity index (χ1n) is 13.3. The molecule has 3 rings (SSSR count). The summed E-state index contributed by atoms with van der Waals surface area (Å²) in [4.78, 5) is 78.0. The van der Waals surface area contributed by atoms with E-state index in [2.05, 4.69) is 30.6 Å². The van der Waals surface area contributed by atoms with E-state index < -0.39 is 58.2 Å². The number of anilines is 2. The van der Waals surface area contributed by atoms with Crippen molar-refractivity contribution in [2.24, 2.45) is 11.8 Å². The number of Topliss-reactive ketones (excluding diaryl/α,β-unsaturated/α-hetero) is 1. The number of ketones is 1. The minimum Gasteiger partial charge on any atom is -0.480 e. The molecule has 0 radical (unpaired) electrons. The molecule has 0 spiro atoms. The molecule has 0 aromatic carbocycles. The molecule has 15 nitrogen and oxygen atoms in total. The Kier molecular flexibility index (Phi) is 12.1. The van der Waals surface area contributed by atoms with Gasteiger partial charge in [0.05, 0.1) is 46.2 Å². The first-order valence-corrected chi connectivity index (χ1v) is 15.4. The summed E-state index contributed by atoms with van der Waals surface area (Å²) in [6, 6.07) is -2.42. The van der Waals surface area contributed by atoms with E-state index in [4.69, 9.17) is 11.5 Å². The van der Waals surface area contributed by atoms with Crippen LogP contribution < -0.4 is 22.1 Å². The summed E-state index contributed by atoms with van der Waals surface area (Å²) in [5.41, 5.74) is 12.9. The molecule has 8 N–H and O–H groups in total. The number of carbonyl (C=O) groups excluding carboxylic acids is 3. The molecule has 232 valence electrons. The number of nitrogens with two attached hydrogens (primary N) is 2. The topological polar surface area (TPSA) is 253 Å². The lowest BCUT2D eigenvalue weighted by molar-refractivity contribution is -0.141. The molecule has 0 aliphatic heterocycles. The summed E-state index contributed by atoms with van der Waals surface area (Å²) in [6.45, 7) is 2.43. The van der Waals surface area contributed by atoms with Crippen LogP contribution in [0, 0.1) is 11.8 Å². The second-order valence-corrected chi connectivity index (χ2v) is 12.3. The van der Waals surface area contributed by atoms with Crippen LogP contribution in [0.2, 0.25) is 0 Å². The third-order valence-corrected chi connectivity index (χ3v) is 9.58. The molecule has 6 atom stereocenters. The lowest BCUT2D eigenvalue weighted by Gasteiger charge is -2.36. The molecule has 0 bridgehead atoms. The van der Waals surface area contributed by atoms with Gasteiger partial charge in [-0.05, 0) is 12.8 Å². The van der Waals surface area contributed by atoms with E-state index in [-0.39, 0.29) is 28.8 Å². The number of aromatic nitrogens is 4. The summed E-state index contributed by atoms with van der Waals surface area (Å²) < 4.78 is 0. The molecule has 17 heteroatoms. The van der Waals surface area contributed by atoms with E-state index in [1.54, 1.807) is 0 Å². The number of hydrogen-bond acceptors (Lipinski definition) is 13. The molecule has 1 aliphatic carbocycles. The van der Waals surface area contributed by atoms with Crippen LogP contribution in [0.1, 0.15) is 55.1 Å². The maximum Gasteiger partial charge on any atom is 0.327 e. The van der Waals surface area contributed by atoms with Gasteiger partial charge in [0, 0.05) is 37.2 Å². The quantitative estimate of drug-likeness (QED) is 0.168. The molecule has 2 aromatic heterocycles. The number of carboxylic acids is 2. The fraction of sp³-hybridized carbons (Fsp3) is 0.500. The summed E-state index contributed by atoms with van der Waals surface area (Å²) in [7, 11) is 0. The maximum absolute atomic E-state index is 14.3. The Hall–Kier alpha value is -3.99. The van der Waals surface area contributed by atoms with Crippen molar-refractivity contribution < 1.29 is 34.2 Å². The van der Waals surface area contributed by atoms with Gasteiger partial charge in [0.2, 0.25) is 11.8 Å². The van der Waals surface area contributed by atoms with E-state index in [1.807, 2.05) is 0 Å². The Balaban J connectivity index is 1.96. The van der Waals surface area contributed by atoms with Crippen molar-refractivity contribution >= 4 is 64.4 Å². The largest absolute Gasteiger partial charge is 0.480 e. The van der Waals surface area contributed by atoms with Gasteiger partial charge in [-0.3, -0.25) is 14.4 Å². The van der Waals surface area contributed by atoms with Crippen molar-refractivity contribution in [1.29, 1.82) is 0 Å². The highest BCUT2D eigenvalue weighted by atomic mass is 32.2. The Morgan fingerprint density at radius 3 is 1.88 bits per heavy atom. The third-order valence-electron chi connectivity index (χ3n) is 6.72. The highest BCUT2D eigenvalue weighted by Gasteiger charge is 2.43. The zero-order chi connectivity index (χ0) is 31.7. The number of hydrogen-bond donors (Lipinski definition) is 6. The van der Waals surface area contributed by atoms with Crippen LogP contribution in [0.15, 0.2) is 24.9 Å². The molecule has 1 saturated carbocycles. The van der Waals surface area contributed by atoms with E-state index in [1.165, 1.54) is 38.8 Å². The average Bonchev–Trinajstić information content (AvgIpc) is 2.94. The number of carboxylic acid groups (broad SMARTS) is 2. The second-order valence-electron chi connectivity index (χ2n) is 9.97. The number of nitrogens with zero attached hydrogens (tertiary/aromatic N) is 4. The Bertz CT molecular complexity index is 1330. The Labute approximate surface area is 255 Å². The predicted octanol–water partition coefficient (Wildman–Crippen LogP) is 0.844. The summed E-state index contributed by atoms with van der Waals surface area (Å²) in [6.07, 6.45) is 7.02. The number of thioether (sulfide) groups is 2. The van der Waals surface area contributed by atoms with E-state index in [9.17, 15) is 34.2 Å². The highest BCUT2D eigenvalue weighted by molar-refractivity contribution is 7.99. The standard InChI is InChI=1S/C26H34N8O7S2/c1-12(35)33-18(25(38)39)9-42-22(20-17(28)8-29-11-32-20)15-4-3-5-16(21(15)37)23(24-30-6-14(27)7-31-24)43-10-19(26(40)41)34-13(2)36/h6-8,11,15-16,18-19,22-23H,3-5,9-10,27-28H2,1-2H3,(H,33,35)(H,34,36)(H,38,39)(H,40,41). The second kappa shape index (κ2) is 15.5. The third kappa shape index (κ3) is 9.25. The zero-order valence-corrected chi connectivity index (χ0v) is 25.1. The first-order chi connectivity index (χ1) is 20.4. The van der Waals surface area contributed by atoms with E-state index in [0.29, 0.717) is 30.6 Å². The van der Waals surface area contributed by atoms with Gasteiger partial charge in [-0.1, -0.05) is 6.42 Å². The summed E-state index contributed by atoms with van der Waals surface area (Å²) in [5, 5.41) is 22.7. The fourth-order valence-electron chi connectivity index (χ4n) is 4.80. The molecule has 2 heterocycles. The normalized spacial score (nSPS) is 19.4. The van der Waals surface area contributed by atoms with Gasteiger partial charge < -0.3 is 32.3 Å². The molecule has 43 heavy (non-hydrogen) atoms. The van der Waals surface area contributed by atoms with Crippen molar-refractivity contribution in [3.8, 4) is 0 Å². The van der Waals surface area contributed by atoms with Crippen LogP contribution in [0.4, 0.5) is 11.4 Å². The number of rotatable bonds is 14. The number of nitrogen functional groups attached to an aromatic ring is 2. The van der Waals surface area contributed by atoms with Crippen LogP contribution in [0.5, 0.6) is 0 Å². The molecule has 1 aliphatic rings. The predicted molar refractivity (Wildman–Crippen MR) is 160 cm³/mol. The van der Waals surface area contributed by atoms with Gasteiger partial charge in [0.1, 0.15) is 30.0 Å². The van der Waals surface area contributed by atoms with Crippen LogP contribution in [0.3, 0.4) is 0 Å². The van der Waals surface area contributed by atoms with Gasteiger partial charge in [0.15, 0.2) is 0 Å². The molecular formula is C26H34N8O7S2. The molecule has 6 unspecified atom stereocenters. The Morgan fingerprint density at radius 2 is 1.40 bits per heavy atom. The SMILES string of the molecule is CC(=O)NC(CSC(c1ncc(N)cn1)C1CCCC(C(SCC(NC(C)=O)C(=O)O)c2ncncc2N)C1=O)C(=O)O. The van der Waals surface area contributed by atoms with Gasteiger partial charge in [0.25, 0.3) is 0 Å². The van der Waals surface area contributed by atoms with Crippen LogP contribution >= 0.6 is 23.5 Å². The van der Waals surface area contributed by atoms with Crippen LogP contribution in [0.25, 0.3) is 0 Å². The van der Waals surface area contributed by atoms with E-state index >= 15 is 0 Å². The lowest BCUT2D eigenvalue weighted by atomic mass is 9.76. The minimum absolute atomic E-state index is 0.0597. The van der Waals surface area contributed by atoms with Gasteiger partial charge in [-0.15, -0.1) is 23.5 Å². The molecule has 0 saturated heterocycles. The molecule has 2 amide bonds. The molecular weight excluding hydrogens is 600 g/mol. The minimum atomic E-state index is -1.23. The number of nitrogens with one attached hydrogen (secondary N) is 2. The van der Waals surface area contributed by atoms with Gasteiger partial charge in [-0.2, -0.15) is 0 Å². The van der Waals surface area contributed by atoms with Crippen molar-refractivity contribution in [2.75, 3.05) is 23.0 Å². The summed E-state index contributed by atoms with van der Waals surface area (Å²) >= 11 is 2.30. The molecule has 2 aromatic rings. The van der Waals surface area contributed by atoms with Crippen molar-refractivity contribution in [2.45, 2.75) is 55.7 Å². The number of aliphatic carboxylic acids is 2. The maximum atomic E-state index is 14.3. The highest BCUT2D eigenvalue weighted by Crippen LogP contribution is 2.48. The average molecular weight is 635 g/mol. The van der Waals surface area contributed by atoms with Crippen molar-refractivity contribution in [3.05, 3.63) is 36.4 Å². The first kappa shape index (κ1) is 33.5. The van der Waals surface area contributed by atoms with Gasteiger partial charge >= 0.3 is 11.9 Å². The van der Waals surface area contributed by atoms with Crippen molar-refractivity contribution in [1.82, 2.24) is 30.6 Å². The summed E-state index contributed by atoms with van der Waals surface area (Å²) in [5.74, 6) is -4.80. The van der Waals surface area contributed by atoms with Gasteiger partial charge in [-0.25, -0.2) is 29.5 Å². The van der Waals surface area contributed by atoms with Crippen LogP contribution in [-0.4, -0.2) is 83.3 Å². The molecule has 1 fully saturated rings. The number of carbonyl (C=O) groups is 5. The Morgan fingerprint density at radius 1 is 0.884 bits per heavy atom. The van der Waals surface area contributed by atoms with E-state index in [0.717, 1.165) is 23.5 Å². The smallest absolute Gasteiger partial charge is 0.327 e. The number of amides is 2. The fourth-order valence-corrected chi connectivity index (χ4v) is 7.68. The van der Waals surface area contributed by atoms with Crippen molar-refractivity contribution in [3.63, 3.8) is 0 Å².